The van der Waals surface area contributed by atoms with Gasteiger partial charge < -0.3 is 18.9 Å². The number of benzene rings is 2. The van der Waals surface area contributed by atoms with Gasteiger partial charge in [-0.15, -0.1) is 0 Å². The van der Waals surface area contributed by atoms with E-state index in [4.69, 9.17) is 9.47 Å². The summed E-state index contributed by atoms with van der Waals surface area (Å²) in [5.74, 6) is -2.58. The van der Waals surface area contributed by atoms with Crippen molar-refractivity contribution in [2.24, 2.45) is 0 Å². The number of hydrogen-bond donors (Lipinski definition) is 0. The van der Waals surface area contributed by atoms with Gasteiger partial charge in [-0.3, -0.25) is 0 Å². The quantitative estimate of drug-likeness (QED) is 0.334. The van der Waals surface area contributed by atoms with Crippen LogP contribution in [0.15, 0.2) is 86.8 Å². The highest BCUT2D eigenvalue weighted by molar-refractivity contribution is 5.82. The Morgan fingerprint density at radius 1 is 0.700 bits per heavy atom. The van der Waals surface area contributed by atoms with E-state index >= 15 is 0 Å². The van der Waals surface area contributed by atoms with Crippen molar-refractivity contribution in [3.05, 3.63) is 98.4 Å². The van der Waals surface area contributed by atoms with Gasteiger partial charge in [0.15, 0.2) is 0 Å². The summed E-state index contributed by atoms with van der Waals surface area (Å²) in [5, 5.41) is 0. The highest BCUT2D eigenvalue weighted by Crippen LogP contribution is 2.30. The number of ether oxygens (including phenoxy) is 4. The second kappa shape index (κ2) is 11.0. The monoisotopic (exact) mass is 414 g/mol. The van der Waals surface area contributed by atoms with E-state index in [0.717, 1.165) is 49.3 Å². The van der Waals surface area contributed by atoms with Crippen LogP contribution < -0.4 is 9.47 Å². The van der Waals surface area contributed by atoms with Crippen molar-refractivity contribution >= 4 is 11.9 Å². The normalized spacial score (nSPS) is 10.6. The molecule has 0 radical (unpaired) electrons. The third kappa shape index (κ3) is 6.45. The molecule has 0 saturated heterocycles. The molecule has 0 atom stereocenters. The number of hydrogen-bond acceptors (Lipinski definition) is 6. The van der Waals surface area contributed by atoms with E-state index in [-0.39, 0.29) is 22.6 Å². The molecule has 0 N–H and O–H groups in total. The first-order valence-electron chi connectivity index (χ1n) is 8.33. The minimum Gasteiger partial charge on any atom is -0.462 e. The molecule has 2 aromatic rings. The molecule has 154 valence electrons. The van der Waals surface area contributed by atoms with Crippen LogP contribution in [0.3, 0.4) is 0 Å². The lowest BCUT2D eigenvalue weighted by atomic mass is 10.0. The predicted octanol–water partition coefficient (Wildman–Crippen LogP) is 4.79. The van der Waals surface area contributed by atoms with E-state index in [1.807, 2.05) is 0 Å². The molecule has 0 fully saturated rings. The maximum atomic E-state index is 14.4. The Labute approximate surface area is 170 Å². The topological polar surface area (TPSA) is 71.1 Å². The van der Waals surface area contributed by atoms with Gasteiger partial charge in [-0.2, -0.15) is 0 Å². The molecule has 0 heterocycles. The number of esters is 2. The van der Waals surface area contributed by atoms with Gasteiger partial charge in [-0.05, 0) is 24.3 Å². The molecule has 0 spiro atoms. The van der Waals surface area contributed by atoms with Crippen LogP contribution in [0, 0.1) is 11.6 Å². The Bertz CT molecular complexity index is 929. The summed E-state index contributed by atoms with van der Waals surface area (Å²) < 4.78 is 48.1. The first-order chi connectivity index (χ1) is 14.4. The van der Waals surface area contributed by atoms with Gasteiger partial charge in [-0.1, -0.05) is 13.2 Å². The zero-order valence-corrected chi connectivity index (χ0v) is 15.5. The fraction of sp³-hybridized carbons (Fsp3) is 0. The maximum absolute atomic E-state index is 14.4. The van der Waals surface area contributed by atoms with Crippen LogP contribution in [-0.4, -0.2) is 11.9 Å². The van der Waals surface area contributed by atoms with Crippen molar-refractivity contribution in [2.75, 3.05) is 0 Å². The Morgan fingerprint density at radius 3 is 1.43 bits per heavy atom. The van der Waals surface area contributed by atoms with Crippen LogP contribution in [0.2, 0.25) is 0 Å². The molecule has 0 amide bonds. The van der Waals surface area contributed by atoms with Gasteiger partial charge in [0.05, 0.1) is 0 Å². The molecule has 2 aromatic carbocycles. The average Bonchev–Trinajstić information content (AvgIpc) is 2.74. The molecule has 30 heavy (non-hydrogen) atoms. The highest BCUT2D eigenvalue weighted by atomic mass is 19.1. The number of rotatable bonds is 9. The van der Waals surface area contributed by atoms with Crippen molar-refractivity contribution in [3.63, 3.8) is 0 Å². The molecule has 0 unspecified atom stereocenters. The Hall–Kier alpha value is -4.20. The largest absolute Gasteiger partial charge is 0.462 e. The Morgan fingerprint density at radius 2 is 1.10 bits per heavy atom. The third-order valence-corrected chi connectivity index (χ3v) is 3.39. The van der Waals surface area contributed by atoms with Crippen LogP contribution >= 0.6 is 0 Å². The number of carbonyl (C=O) groups is 2. The number of halogens is 2. The first-order valence-corrected chi connectivity index (χ1v) is 8.33. The second-order valence-corrected chi connectivity index (χ2v) is 5.35. The standard InChI is InChI=1S/C22H16F2O6/c1-3-21(25)29-11-9-27-15-5-7-17(19(23)13-15)18-8-6-16(14-20(18)24)28-10-12-30-22(26)4-2/h3-14H,1-2H2/b11-9-,12-10-. The Balaban J connectivity index is 2.06. The van der Waals surface area contributed by atoms with Crippen molar-refractivity contribution in [1.29, 1.82) is 0 Å². The van der Waals surface area contributed by atoms with E-state index < -0.39 is 23.6 Å². The smallest absolute Gasteiger partial charge is 0.335 e. The van der Waals surface area contributed by atoms with Crippen LogP contribution in [0.5, 0.6) is 11.5 Å². The summed E-state index contributed by atoms with van der Waals surface area (Å²) in [6.45, 7) is 6.45. The van der Waals surface area contributed by atoms with Crippen LogP contribution in [0.4, 0.5) is 8.78 Å². The van der Waals surface area contributed by atoms with Gasteiger partial charge in [0.1, 0.15) is 48.2 Å². The van der Waals surface area contributed by atoms with Crippen molar-refractivity contribution < 1.29 is 37.3 Å². The lowest BCUT2D eigenvalue weighted by molar-refractivity contribution is -0.133. The molecule has 0 aliphatic heterocycles. The van der Waals surface area contributed by atoms with E-state index in [1.54, 1.807) is 0 Å². The van der Waals surface area contributed by atoms with E-state index in [0.29, 0.717) is 0 Å². The molecule has 8 heteroatoms. The lowest BCUT2D eigenvalue weighted by Crippen LogP contribution is -1.94. The molecule has 0 bridgehead atoms. The van der Waals surface area contributed by atoms with Crippen molar-refractivity contribution in [3.8, 4) is 22.6 Å². The van der Waals surface area contributed by atoms with Crippen LogP contribution in [0.1, 0.15) is 0 Å². The molecule has 0 aliphatic rings. The predicted molar refractivity (Wildman–Crippen MR) is 104 cm³/mol. The molecule has 0 aromatic heterocycles. The summed E-state index contributed by atoms with van der Waals surface area (Å²) in [6, 6.07) is 7.60. The molecule has 0 aliphatic carbocycles. The summed E-state index contributed by atoms with van der Waals surface area (Å²) in [7, 11) is 0. The maximum Gasteiger partial charge on any atom is 0.335 e. The Kier molecular flexibility index (Phi) is 8.07. The van der Waals surface area contributed by atoms with E-state index in [2.05, 4.69) is 22.6 Å². The third-order valence-electron chi connectivity index (χ3n) is 3.39. The van der Waals surface area contributed by atoms with Gasteiger partial charge in [-0.25, -0.2) is 18.4 Å². The molecular formula is C22H16F2O6. The molecule has 2 rings (SSSR count). The van der Waals surface area contributed by atoms with Gasteiger partial charge in [0.25, 0.3) is 0 Å². The molecular weight excluding hydrogens is 398 g/mol. The summed E-state index contributed by atoms with van der Waals surface area (Å²) in [6.07, 6.45) is 5.97. The zero-order valence-electron chi connectivity index (χ0n) is 15.5. The SMILES string of the molecule is C=CC(=O)O/C=C\Oc1ccc(-c2ccc(O/C=C\OC(=O)C=C)cc2F)c(F)c1. The lowest BCUT2D eigenvalue weighted by Gasteiger charge is -2.08. The van der Waals surface area contributed by atoms with E-state index in [1.165, 1.54) is 24.3 Å². The average molecular weight is 414 g/mol. The molecule has 0 saturated carbocycles. The first kappa shape index (κ1) is 22.1. The summed E-state index contributed by atoms with van der Waals surface area (Å²) >= 11 is 0. The van der Waals surface area contributed by atoms with Crippen molar-refractivity contribution in [2.45, 2.75) is 0 Å². The van der Waals surface area contributed by atoms with Crippen LogP contribution in [-0.2, 0) is 19.1 Å². The zero-order chi connectivity index (χ0) is 21.9. The summed E-state index contributed by atoms with van der Waals surface area (Å²) in [4.78, 5) is 21.7. The van der Waals surface area contributed by atoms with Crippen LogP contribution in [0.25, 0.3) is 11.1 Å². The van der Waals surface area contributed by atoms with Gasteiger partial charge in [0.2, 0.25) is 0 Å². The molecule has 6 nitrogen and oxygen atoms in total. The second-order valence-electron chi connectivity index (χ2n) is 5.35. The fourth-order valence-corrected chi connectivity index (χ4v) is 2.07. The number of carbonyl (C=O) groups excluding carboxylic acids is 2. The fourth-order valence-electron chi connectivity index (χ4n) is 2.07. The minimum atomic E-state index is -0.729. The van der Waals surface area contributed by atoms with Crippen molar-refractivity contribution in [1.82, 2.24) is 0 Å². The highest BCUT2D eigenvalue weighted by Gasteiger charge is 2.12. The van der Waals surface area contributed by atoms with Gasteiger partial charge >= 0.3 is 11.9 Å². The van der Waals surface area contributed by atoms with Gasteiger partial charge in [0, 0.05) is 35.4 Å². The van der Waals surface area contributed by atoms with E-state index in [9.17, 15) is 18.4 Å². The minimum absolute atomic E-state index is 0.00363. The summed E-state index contributed by atoms with van der Waals surface area (Å²) in [5.41, 5.74) is 0.00726.